The third-order valence-corrected chi connectivity index (χ3v) is 0.811. The van der Waals surface area contributed by atoms with Gasteiger partial charge < -0.3 is 4.74 Å². The van der Waals surface area contributed by atoms with E-state index in [9.17, 15) is 25.0 Å². The van der Waals surface area contributed by atoms with Crippen molar-refractivity contribution in [2.24, 2.45) is 0 Å². The van der Waals surface area contributed by atoms with Crippen LogP contribution in [0.2, 0.25) is 0 Å². The van der Waals surface area contributed by atoms with E-state index in [0.29, 0.717) is 0 Å². The van der Waals surface area contributed by atoms with Crippen LogP contribution in [0.1, 0.15) is 0 Å². The molecule has 0 unspecified atom stereocenters. The first-order chi connectivity index (χ1) is 5.00. The number of carbonyl (C=O) groups is 1. The molecule has 12 heavy (non-hydrogen) atoms. The van der Waals surface area contributed by atoms with Crippen LogP contribution in [0.3, 0.4) is 0 Å². The van der Waals surface area contributed by atoms with Crippen LogP contribution in [0.4, 0.5) is 0 Å². The topological polar surface area (TPSA) is 113 Å². The predicted molar refractivity (Wildman–Crippen MR) is 29.8 cm³/mol. The molecule has 0 aromatic carbocycles. The van der Waals surface area contributed by atoms with Gasteiger partial charge in [-0.05, 0) is 0 Å². The van der Waals surface area contributed by atoms with Gasteiger partial charge in [-0.25, -0.2) is 4.79 Å². The Kier molecular flexibility index (Phi) is 7.73. The van der Waals surface area contributed by atoms with E-state index < -0.39 is 22.0 Å². The molecule has 0 fully saturated rings. The first kappa shape index (κ1) is 14.4. The molecule has 0 aliphatic carbocycles. The number of hydrogen-bond acceptors (Lipinski definition) is 6. The summed E-state index contributed by atoms with van der Waals surface area (Å²) in [7, 11) is 0.836. The predicted octanol–water partition coefficient (Wildman–Crippen LogP) is -3.96. The molecule has 0 saturated heterocycles. The van der Waals surface area contributed by atoms with Crippen molar-refractivity contribution >= 4 is 5.97 Å². The number of hydrogen-bond donors (Lipinski definition) is 0. The van der Waals surface area contributed by atoms with Crippen molar-refractivity contribution in [2.75, 3.05) is 7.11 Å². The van der Waals surface area contributed by atoms with E-state index >= 15 is 0 Å². The standard InChI is InChI=1S/C3H4N2O6.K/c1-11-3(6)2(4(7)8)5(9)10;/h2H,1H3;/q;+1. The van der Waals surface area contributed by atoms with Crippen molar-refractivity contribution < 1.29 is 70.8 Å². The van der Waals surface area contributed by atoms with Gasteiger partial charge in [0.25, 0.3) is 0 Å². The fourth-order valence-corrected chi connectivity index (χ4v) is 0.355. The number of nitro groups is 2. The zero-order valence-electron chi connectivity index (χ0n) is 6.42. The first-order valence-corrected chi connectivity index (χ1v) is 2.35. The van der Waals surface area contributed by atoms with E-state index in [-0.39, 0.29) is 51.4 Å². The molecule has 0 aromatic rings. The first-order valence-electron chi connectivity index (χ1n) is 2.35. The maximum absolute atomic E-state index is 10.3. The molecule has 0 atom stereocenters. The number of methoxy groups -OCH3 is 1. The molecule has 0 aromatic heterocycles. The van der Waals surface area contributed by atoms with Crippen LogP contribution in [0.15, 0.2) is 0 Å². The maximum Gasteiger partial charge on any atom is 1.00 e. The Balaban J connectivity index is 0. The van der Waals surface area contributed by atoms with Gasteiger partial charge in [-0.3, -0.25) is 20.2 Å². The average Bonchev–Trinajstić information content (AvgIpc) is 1.85. The zero-order chi connectivity index (χ0) is 9.02. The number of carbonyl (C=O) groups excluding carboxylic acids is 1. The average molecular weight is 203 g/mol. The Hall–Kier alpha value is -0.0936. The van der Waals surface area contributed by atoms with Crippen molar-refractivity contribution in [1.29, 1.82) is 0 Å². The number of esters is 1. The minimum Gasteiger partial charge on any atom is -0.458 e. The van der Waals surface area contributed by atoms with Crippen molar-refractivity contribution in [3.8, 4) is 0 Å². The number of ether oxygens (including phenoxy) is 1. The van der Waals surface area contributed by atoms with Crippen LogP contribution in [-0.2, 0) is 9.53 Å². The maximum atomic E-state index is 10.3. The smallest absolute Gasteiger partial charge is 0.458 e. The molecule has 8 nitrogen and oxygen atoms in total. The summed E-state index contributed by atoms with van der Waals surface area (Å²) in [6, 6.07) is 0. The third kappa shape index (κ3) is 4.06. The molecule has 0 amide bonds. The molecule has 0 rings (SSSR count). The normalized spacial score (nSPS) is 8.50. The Morgan fingerprint density at radius 3 is 1.75 bits per heavy atom. The number of rotatable bonds is 3. The second-order valence-corrected chi connectivity index (χ2v) is 1.47. The Bertz CT molecular complexity index is 191. The van der Waals surface area contributed by atoms with Gasteiger partial charge in [0.1, 0.15) is 9.85 Å². The molecule has 0 bridgehead atoms. The monoisotopic (exact) mass is 203 g/mol. The summed E-state index contributed by atoms with van der Waals surface area (Å²) < 4.78 is 3.81. The molecule has 0 radical (unpaired) electrons. The van der Waals surface area contributed by atoms with Crippen LogP contribution in [0.25, 0.3) is 0 Å². The summed E-state index contributed by atoms with van der Waals surface area (Å²) in [6.07, 6.45) is -2.51. The van der Waals surface area contributed by atoms with Gasteiger partial charge in [0, 0.05) is 0 Å². The SMILES string of the molecule is COC(=O)C([N+](=O)[O-])[N+](=O)[O-].[K+]. The quantitative estimate of drug-likeness (QED) is 0.152. The van der Waals surface area contributed by atoms with Gasteiger partial charge in [-0.2, -0.15) is 0 Å². The van der Waals surface area contributed by atoms with E-state index in [4.69, 9.17) is 0 Å². The molecular formula is C3H4KN2O6+. The van der Waals surface area contributed by atoms with E-state index in [0.717, 1.165) is 7.11 Å². The van der Waals surface area contributed by atoms with E-state index in [1.165, 1.54) is 0 Å². The van der Waals surface area contributed by atoms with Crippen molar-refractivity contribution in [3.63, 3.8) is 0 Å². The van der Waals surface area contributed by atoms with Gasteiger partial charge >= 0.3 is 63.5 Å². The second kappa shape index (κ2) is 6.43. The summed E-state index contributed by atoms with van der Waals surface area (Å²) in [5.41, 5.74) is 0. The summed E-state index contributed by atoms with van der Waals surface area (Å²) in [5.74, 6) is -1.49. The zero-order valence-corrected chi connectivity index (χ0v) is 9.54. The van der Waals surface area contributed by atoms with Gasteiger partial charge in [-0.15, -0.1) is 0 Å². The molecule has 0 saturated carbocycles. The molecule has 9 heteroatoms. The largest absolute Gasteiger partial charge is 1.00 e. The van der Waals surface area contributed by atoms with Crippen molar-refractivity contribution in [2.45, 2.75) is 6.17 Å². The van der Waals surface area contributed by atoms with Crippen LogP contribution in [-0.4, -0.2) is 29.1 Å². The number of nitrogens with zero attached hydrogens (tertiary/aromatic N) is 2. The molecule has 62 valence electrons. The summed E-state index contributed by atoms with van der Waals surface area (Å²) in [6.45, 7) is 0. The molecular weight excluding hydrogens is 199 g/mol. The van der Waals surface area contributed by atoms with Crippen LogP contribution >= 0.6 is 0 Å². The summed E-state index contributed by atoms with van der Waals surface area (Å²) >= 11 is 0. The third-order valence-electron chi connectivity index (χ3n) is 0.811. The van der Waals surface area contributed by atoms with E-state index in [1.54, 1.807) is 0 Å². The van der Waals surface area contributed by atoms with Gasteiger partial charge in [-0.1, -0.05) is 0 Å². The summed E-state index contributed by atoms with van der Waals surface area (Å²) in [5, 5.41) is 19.6. The Labute approximate surface area is 109 Å². The molecule has 0 heterocycles. The molecule has 0 spiro atoms. The molecule has 0 N–H and O–H groups in total. The molecule has 0 aliphatic rings. The van der Waals surface area contributed by atoms with Crippen molar-refractivity contribution in [3.05, 3.63) is 20.2 Å². The Morgan fingerprint density at radius 2 is 1.67 bits per heavy atom. The minimum absolute atomic E-state index is 0. The minimum atomic E-state index is -2.51. The second-order valence-electron chi connectivity index (χ2n) is 1.47. The van der Waals surface area contributed by atoms with Crippen LogP contribution < -0.4 is 51.4 Å². The summed E-state index contributed by atoms with van der Waals surface area (Å²) in [4.78, 5) is 27.2. The van der Waals surface area contributed by atoms with Crippen LogP contribution in [0.5, 0.6) is 0 Å². The Morgan fingerprint density at radius 1 is 1.33 bits per heavy atom. The van der Waals surface area contributed by atoms with Gasteiger partial charge in [0.05, 0.1) is 7.11 Å². The van der Waals surface area contributed by atoms with E-state index in [1.807, 2.05) is 0 Å². The molecule has 0 aliphatic heterocycles. The fourth-order valence-electron chi connectivity index (χ4n) is 0.355. The van der Waals surface area contributed by atoms with Crippen molar-refractivity contribution in [1.82, 2.24) is 0 Å². The van der Waals surface area contributed by atoms with Gasteiger partial charge in [0.15, 0.2) is 0 Å². The van der Waals surface area contributed by atoms with E-state index in [2.05, 4.69) is 4.74 Å². The fraction of sp³-hybridized carbons (Fsp3) is 0.667. The van der Waals surface area contributed by atoms with Gasteiger partial charge in [0.2, 0.25) is 0 Å². The van der Waals surface area contributed by atoms with Crippen LogP contribution in [0, 0.1) is 20.2 Å².